The van der Waals surface area contributed by atoms with Crippen LogP contribution in [0.4, 0.5) is 4.39 Å². The highest BCUT2D eigenvalue weighted by molar-refractivity contribution is 5.86. The van der Waals surface area contributed by atoms with E-state index in [1.807, 2.05) is 0 Å². The van der Waals surface area contributed by atoms with Crippen LogP contribution in [0.1, 0.15) is 29.3 Å². The fourth-order valence-electron chi connectivity index (χ4n) is 3.98. The second-order valence-electron chi connectivity index (χ2n) is 6.98. The van der Waals surface area contributed by atoms with E-state index in [1.54, 1.807) is 12.3 Å². The molecule has 1 aliphatic rings. The molecule has 3 heterocycles. The first kappa shape index (κ1) is 16.3. The number of nitrogens with zero attached hydrogens (tertiary/aromatic N) is 3. The van der Waals surface area contributed by atoms with Crippen LogP contribution in [-0.4, -0.2) is 27.5 Å². The molecule has 1 aliphatic heterocycles. The first-order chi connectivity index (χ1) is 12.2. The van der Waals surface area contributed by atoms with Crippen molar-refractivity contribution in [2.24, 2.45) is 0 Å². The smallest absolute Gasteiger partial charge is 0.141 e. The van der Waals surface area contributed by atoms with Gasteiger partial charge in [-0.25, -0.2) is 4.39 Å². The van der Waals surface area contributed by atoms with E-state index in [1.165, 1.54) is 33.9 Å². The van der Waals surface area contributed by atoms with E-state index >= 15 is 0 Å². The molecule has 1 aromatic carbocycles. The minimum atomic E-state index is -0.258. The Hall–Kier alpha value is -2.20. The summed E-state index contributed by atoms with van der Waals surface area (Å²) in [5.41, 5.74) is 6.49. The minimum absolute atomic E-state index is 0.258. The SMILES string of the molecule is CCN1CCc2c(c3cc(C)ccc3n2CCc2cncc(F)c2)C1. The third kappa shape index (κ3) is 3.07. The van der Waals surface area contributed by atoms with Crippen LogP contribution in [0.25, 0.3) is 10.9 Å². The van der Waals surface area contributed by atoms with Gasteiger partial charge < -0.3 is 4.57 Å². The lowest BCUT2D eigenvalue weighted by molar-refractivity contribution is 0.265. The predicted octanol–water partition coefficient (Wildman–Crippen LogP) is 4.10. The van der Waals surface area contributed by atoms with Gasteiger partial charge in [0.15, 0.2) is 0 Å². The lowest BCUT2D eigenvalue weighted by atomic mass is 10.0. The number of aryl methyl sites for hydroxylation is 3. The number of benzene rings is 1. The molecule has 0 atom stereocenters. The summed E-state index contributed by atoms with van der Waals surface area (Å²) in [6.07, 6.45) is 4.91. The summed E-state index contributed by atoms with van der Waals surface area (Å²) < 4.78 is 15.9. The Morgan fingerprint density at radius 2 is 2.08 bits per heavy atom. The number of halogens is 1. The van der Waals surface area contributed by atoms with Crippen LogP contribution >= 0.6 is 0 Å². The Labute approximate surface area is 148 Å². The molecule has 0 N–H and O–H groups in total. The van der Waals surface area contributed by atoms with Gasteiger partial charge in [-0.2, -0.15) is 0 Å². The van der Waals surface area contributed by atoms with Gasteiger partial charge in [0.1, 0.15) is 5.82 Å². The van der Waals surface area contributed by atoms with Crippen LogP contribution in [0, 0.1) is 12.7 Å². The number of likely N-dealkylation sites (N-methyl/N-ethyl adjacent to an activating group) is 1. The van der Waals surface area contributed by atoms with Crippen LogP contribution in [-0.2, 0) is 25.9 Å². The summed E-state index contributed by atoms with van der Waals surface area (Å²) in [6, 6.07) is 8.33. The van der Waals surface area contributed by atoms with Crippen molar-refractivity contribution < 1.29 is 4.39 Å². The molecule has 0 unspecified atom stereocenters. The van der Waals surface area contributed by atoms with E-state index in [-0.39, 0.29) is 5.82 Å². The lowest BCUT2D eigenvalue weighted by Gasteiger charge is -2.27. The first-order valence-electron chi connectivity index (χ1n) is 9.08. The molecule has 0 bridgehead atoms. The van der Waals surface area contributed by atoms with E-state index < -0.39 is 0 Å². The molecule has 25 heavy (non-hydrogen) atoms. The lowest BCUT2D eigenvalue weighted by Crippen LogP contribution is -2.30. The molecule has 3 nitrogen and oxygen atoms in total. The van der Waals surface area contributed by atoms with Gasteiger partial charge >= 0.3 is 0 Å². The largest absolute Gasteiger partial charge is 0.344 e. The quantitative estimate of drug-likeness (QED) is 0.714. The van der Waals surface area contributed by atoms with Gasteiger partial charge in [0.2, 0.25) is 0 Å². The zero-order valence-corrected chi connectivity index (χ0v) is 14.9. The monoisotopic (exact) mass is 337 g/mol. The fourth-order valence-corrected chi connectivity index (χ4v) is 3.98. The zero-order chi connectivity index (χ0) is 17.4. The van der Waals surface area contributed by atoms with E-state index in [2.05, 4.69) is 46.5 Å². The van der Waals surface area contributed by atoms with E-state index in [9.17, 15) is 4.39 Å². The Balaban J connectivity index is 1.73. The molecule has 0 spiro atoms. The van der Waals surface area contributed by atoms with E-state index in [0.29, 0.717) is 0 Å². The highest BCUT2D eigenvalue weighted by Gasteiger charge is 2.23. The third-order valence-electron chi connectivity index (χ3n) is 5.32. The number of hydrogen-bond donors (Lipinski definition) is 0. The van der Waals surface area contributed by atoms with Gasteiger partial charge in [-0.1, -0.05) is 18.6 Å². The second-order valence-corrected chi connectivity index (χ2v) is 6.98. The van der Waals surface area contributed by atoms with Gasteiger partial charge in [0.25, 0.3) is 0 Å². The molecule has 0 radical (unpaired) electrons. The van der Waals surface area contributed by atoms with E-state index in [0.717, 1.165) is 44.6 Å². The van der Waals surface area contributed by atoms with Crippen LogP contribution in [0.2, 0.25) is 0 Å². The highest BCUT2D eigenvalue weighted by Crippen LogP contribution is 2.32. The Morgan fingerprint density at radius 3 is 2.88 bits per heavy atom. The number of aromatic nitrogens is 2. The van der Waals surface area contributed by atoms with Crippen LogP contribution in [0.5, 0.6) is 0 Å². The molecular formula is C21H24FN3. The van der Waals surface area contributed by atoms with Gasteiger partial charge in [-0.3, -0.25) is 9.88 Å². The van der Waals surface area contributed by atoms with Crippen molar-refractivity contribution in [3.8, 4) is 0 Å². The van der Waals surface area contributed by atoms with Crippen molar-refractivity contribution in [1.82, 2.24) is 14.5 Å². The normalized spacial score (nSPS) is 14.8. The minimum Gasteiger partial charge on any atom is -0.344 e. The maximum absolute atomic E-state index is 13.4. The Morgan fingerprint density at radius 1 is 1.20 bits per heavy atom. The van der Waals surface area contributed by atoms with Crippen molar-refractivity contribution in [2.45, 2.75) is 39.8 Å². The third-order valence-corrected chi connectivity index (χ3v) is 5.32. The Kier molecular flexibility index (Phi) is 4.30. The van der Waals surface area contributed by atoms with Gasteiger partial charge in [0.05, 0.1) is 6.20 Å². The molecule has 0 saturated heterocycles. The van der Waals surface area contributed by atoms with Crippen molar-refractivity contribution in [3.05, 3.63) is 64.9 Å². The molecule has 130 valence electrons. The maximum atomic E-state index is 13.4. The summed E-state index contributed by atoms with van der Waals surface area (Å²) in [7, 11) is 0. The average Bonchev–Trinajstić information content (AvgIpc) is 2.92. The molecule has 3 aromatic rings. The highest BCUT2D eigenvalue weighted by atomic mass is 19.1. The number of pyridine rings is 1. The molecule has 0 fully saturated rings. The summed E-state index contributed by atoms with van der Waals surface area (Å²) in [5.74, 6) is -0.258. The first-order valence-corrected chi connectivity index (χ1v) is 9.08. The second kappa shape index (κ2) is 6.60. The molecule has 4 rings (SSSR count). The molecule has 0 aliphatic carbocycles. The maximum Gasteiger partial charge on any atom is 0.141 e. The van der Waals surface area contributed by atoms with Gasteiger partial charge in [-0.15, -0.1) is 0 Å². The predicted molar refractivity (Wildman–Crippen MR) is 99.2 cm³/mol. The summed E-state index contributed by atoms with van der Waals surface area (Å²) in [4.78, 5) is 6.48. The zero-order valence-electron chi connectivity index (χ0n) is 14.9. The summed E-state index contributed by atoms with van der Waals surface area (Å²) in [5, 5.41) is 1.38. The average molecular weight is 337 g/mol. The van der Waals surface area contributed by atoms with Crippen LogP contribution < -0.4 is 0 Å². The molecule has 0 saturated carbocycles. The summed E-state index contributed by atoms with van der Waals surface area (Å²) in [6.45, 7) is 8.48. The van der Waals surface area contributed by atoms with Crippen molar-refractivity contribution in [3.63, 3.8) is 0 Å². The van der Waals surface area contributed by atoms with Crippen molar-refractivity contribution >= 4 is 10.9 Å². The van der Waals surface area contributed by atoms with Crippen molar-refractivity contribution in [2.75, 3.05) is 13.1 Å². The van der Waals surface area contributed by atoms with Crippen LogP contribution in [0.15, 0.2) is 36.7 Å². The Bertz CT molecular complexity index is 913. The van der Waals surface area contributed by atoms with E-state index in [4.69, 9.17) is 0 Å². The van der Waals surface area contributed by atoms with Crippen molar-refractivity contribution in [1.29, 1.82) is 0 Å². The molecular weight excluding hydrogens is 313 g/mol. The molecule has 2 aromatic heterocycles. The van der Waals surface area contributed by atoms with Gasteiger partial charge in [0, 0.05) is 48.8 Å². The van der Waals surface area contributed by atoms with Crippen LogP contribution in [0.3, 0.4) is 0 Å². The number of fused-ring (bicyclic) bond motifs is 3. The molecule has 4 heteroatoms. The standard InChI is InChI=1S/C21H24FN3/c1-3-24-8-7-21-19(14-24)18-10-15(2)4-5-20(18)25(21)9-6-16-11-17(22)13-23-12-16/h4-5,10-13H,3,6-9,14H2,1-2H3. The number of hydrogen-bond acceptors (Lipinski definition) is 2. The van der Waals surface area contributed by atoms with Gasteiger partial charge in [-0.05, 0) is 49.2 Å². The number of rotatable bonds is 4. The molecule has 0 amide bonds. The summed E-state index contributed by atoms with van der Waals surface area (Å²) >= 11 is 0. The topological polar surface area (TPSA) is 21.1 Å². The fraction of sp³-hybridized carbons (Fsp3) is 0.381.